The summed E-state index contributed by atoms with van der Waals surface area (Å²) in [5.41, 5.74) is 5.88. The van der Waals surface area contributed by atoms with Crippen LogP contribution in [0.5, 0.6) is 11.5 Å². The number of nitriles is 1. The SMILES string of the molecule is CC1(C)CCC(CNCCNc2ccc(C(=O)NS(=O)(=O)c3cnc(NCC4CCOCC4)c(C#N)c3)c(Oc3ccc4[nH]ccc4c3)c2)=C(c2ccc(Cl)cc2)C1. The van der Waals surface area contributed by atoms with Gasteiger partial charge in [0.1, 0.15) is 28.3 Å². The van der Waals surface area contributed by atoms with E-state index in [4.69, 9.17) is 21.1 Å². The van der Waals surface area contributed by atoms with Gasteiger partial charge in [-0.1, -0.05) is 43.2 Å². The molecule has 3 heterocycles. The monoisotopic (exact) mass is 821 g/mol. The molecule has 3 aromatic carbocycles. The number of halogens is 1. The van der Waals surface area contributed by atoms with Crippen LogP contribution < -0.4 is 25.4 Å². The highest BCUT2D eigenvalue weighted by molar-refractivity contribution is 7.90. The number of amides is 1. The fraction of sp³-hybridized carbons (Fsp3) is 0.341. The molecule has 302 valence electrons. The molecule has 0 spiro atoms. The summed E-state index contributed by atoms with van der Waals surface area (Å²) in [6.45, 7) is 8.59. The third-order valence-electron chi connectivity index (χ3n) is 10.7. The summed E-state index contributed by atoms with van der Waals surface area (Å²) in [6, 6.07) is 23.6. The summed E-state index contributed by atoms with van der Waals surface area (Å²) in [7, 11) is -4.42. The lowest BCUT2D eigenvalue weighted by molar-refractivity contribution is 0.0699. The molecule has 58 heavy (non-hydrogen) atoms. The van der Waals surface area contributed by atoms with Crippen molar-refractivity contribution in [2.75, 3.05) is 50.0 Å². The zero-order valence-corrected chi connectivity index (χ0v) is 34.2. The van der Waals surface area contributed by atoms with Crippen LogP contribution in [-0.2, 0) is 14.8 Å². The fourth-order valence-corrected chi connectivity index (χ4v) is 8.45. The van der Waals surface area contributed by atoms with Crippen molar-refractivity contribution >= 4 is 55.5 Å². The van der Waals surface area contributed by atoms with Crippen molar-refractivity contribution in [1.82, 2.24) is 20.0 Å². The van der Waals surface area contributed by atoms with Crippen molar-refractivity contribution in [1.29, 1.82) is 5.26 Å². The highest BCUT2D eigenvalue weighted by Crippen LogP contribution is 2.43. The first-order valence-electron chi connectivity index (χ1n) is 19.6. The Kier molecular flexibility index (Phi) is 12.7. The van der Waals surface area contributed by atoms with Crippen LogP contribution in [0.25, 0.3) is 16.5 Å². The van der Waals surface area contributed by atoms with Gasteiger partial charge in [0, 0.05) is 79.5 Å². The molecule has 0 saturated carbocycles. The number of aromatic amines is 1. The lowest BCUT2D eigenvalue weighted by Crippen LogP contribution is -2.31. The second kappa shape index (κ2) is 18.0. The van der Waals surface area contributed by atoms with Gasteiger partial charge >= 0.3 is 0 Å². The topological polar surface area (TPSA) is 170 Å². The number of aromatic nitrogens is 2. The number of anilines is 2. The predicted molar refractivity (Wildman–Crippen MR) is 228 cm³/mol. The Labute approximate surface area is 344 Å². The minimum Gasteiger partial charge on any atom is -0.456 e. The normalized spacial score (nSPS) is 15.8. The fourth-order valence-electron chi connectivity index (χ4n) is 7.39. The largest absolute Gasteiger partial charge is 0.456 e. The molecule has 14 heteroatoms. The van der Waals surface area contributed by atoms with Gasteiger partial charge in [-0.3, -0.25) is 4.79 Å². The number of sulfonamides is 1. The molecule has 2 aromatic heterocycles. The summed E-state index contributed by atoms with van der Waals surface area (Å²) in [5.74, 6) is 0.370. The van der Waals surface area contributed by atoms with Gasteiger partial charge in [-0.15, -0.1) is 0 Å². The lowest BCUT2D eigenvalue weighted by atomic mass is 9.72. The number of rotatable bonds is 15. The maximum Gasteiger partial charge on any atom is 0.268 e. The van der Waals surface area contributed by atoms with E-state index in [9.17, 15) is 18.5 Å². The molecule has 0 unspecified atom stereocenters. The summed E-state index contributed by atoms with van der Waals surface area (Å²) in [6.07, 6.45) is 7.88. The number of carbonyl (C=O) groups is 1. The predicted octanol–water partition coefficient (Wildman–Crippen LogP) is 8.50. The van der Waals surface area contributed by atoms with Crippen LogP contribution in [-0.4, -0.2) is 63.7 Å². The third kappa shape index (κ3) is 10.2. The summed E-state index contributed by atoms with van der Waals surface area (Å²) >= 11 is 6.19. The smallest absolute Gasteiger partial charge is 0.268 e. The van der Waals surface area contributed by atoms with Crippen molar-refractivity contribution in [3.05, 3.63) is 112 Å². The second-order valence-electron chi connectivity index (χ2n) is 15.6. The van der Waals surface area contributed by atoms with Gasteiger partial charge in [0.25, 0.3) is 15.9 Å². The van der Waals surface area contributed by atoms with Crippen molar-refractivity contribution in [3.63, 3.8) is 0 Å². The molecule has 2 aliphatic rings. The minimum atomic E-state index is -4.42. The van der Waals surface area contributed by atoms with Gasteiger partial charge in [-0.25, -0.2) is 18.1 Å². The highest BCUT2D eigenvalue weighted by atomic mass is 35.5. The van der Waals surface area contributed by atoms with Gasteiger partial charge in [0.15, 0.2) is 0 Å². The number of hydrogen-bond donors (Lipinski definition) is 5. The van der Waals surface area contributed by atoms with Crippen molar-refractivity contribution < 1.29 is 22.7 Å². The number of benzene rings is 3. The van der Waals surface area contributed by atoms with Gasteiger partial charge < -0.3 is 30.4 Å². The van der Waals surface area contributed by atoms with Gasteiger partial charge in [0.2, 0.25) is 0 Å². The summed E-state index contributed by atoms with van der Waals surface area (Å²) in [5, 5.41) is 21.6. The molecule has 5 aromatic rings. The number of nitrogens with zero attached hydrogens (tertiary/aromatic N) is 2. The molecule has 1 amide bonds. The lowest BCUT2D eigenvalue weighted by Gasteiger charge is -2.34. The number of hydrogen-bond acceptors (Lipinski definition) is 10. The zero-order chi connectivity index (χ0) is 40.7. The molecule has 12 nitrogen and oxygen atoms in total. The van der Waals surface area contributed by atoms with Gasteiger partial charge in [-0.05, 0) is 109 Å². The molecule has 1 saturated heterocycles. The van der Waals surface area contributed by atoms with Crippen molar-refractivity contribution in [3.8, 4) is 17.6 Å². The van der Waals surface area contributed by atoms with Crippen LogP contribution in [0.3, 0.4) is 0 Å². The molecule has 0 atom stereocenters. The molecule has 1 fully saturated rings. The second-order valence-corrected chi connectivity index (χ2v) is 17.7. The molecule has 7 rings (SSSR count). The summed E-state index contributed by atoms with van der Waals surface area (Å²) < 4.78 is 40.9. The van der Waals surface area contributed by atoms with E-state index in [-0.39, 0.29) is 33.0 Å². The van der Waals surface area contributed by atoms with Crippen LogP contribution >= 0.6 is 11.6 Å². The minimum absolute atomic E-state index is 0.00604. The molecule has 0 radical (unpaired) electrons. The summed E-state index contributed by atoms with van der Waals surface area (Å²) in [4.78, 5) is 20.8. The maximum atomic E-state index is 13.7. The van der Waals surface area contributed by atoms with Gasteiger partial charge in [0.05, 0.1) is 11.1 Å². The molecular weight excluding hydrogens is 774 g/mol. The van der Waals surface area contributed by atoms with Crippen LogP contribution in [0, 0.1) is 22.7 Å². The van der Waals surface area contributed by atoms with Crippen LogP contribution in [0.15, 0.2) is 95.7 Å². The highest BCUT2D eigenvalue weighted by Gasteiger charge is 2.28. The van der Waals surface area contributed by atoms with E-state index in [1.165, 1.54) is 28.8 Å². The van der Waals surface area contributed by atoms with E-state index in [0.717, 1.165) is 60.8 Å². The Morgan fingerprint density at radius 2 is 1.84 bits per heavy atom. The molecule has 1 aliphatic carbocycles. The van der Waals surface area contributed by atoms with Crippen LogP contribution in [0.1, 0.15) is 67.4 Å². The molecule has 5 N–H and O–H groups in total. The first-order chi connectivity index (χ1) is 28.0. The zero-order valence-electron chi connectivity index (χ0n) is 32.7. The number of fused-ring (bicyclic) bond motifs is 1. The van der Waals surface area contributed by atoms with Gasteiger partial charge in [-0.2, -0.15) is 5.26 Å². The first-order valence-corrected chi connectivity index (χ1v) is 21.4. The van der Waals surface area contributed by atoms with E-state index in [2.05, 4.69) is 56.6 Å². The Morgan fingerprint density at radius 3 is 2.64 bits per heavy atom. The molecular formula is C44H48ClN7O5S. The number of ether oxygens (including phenoxy) is 2. The number of pyridine rings is 1. The van der Waals surface area contributed by atoms with E-state index in [0.29, 0.717) is 50.2 Å². The van der Waals surface area contributed by atoms with E-state index in [1.54, 1.807) is 18.2 Å². The number of allylic oxidation sites excluding steroid dienone is 1. The van der Waals surface area contributed by atoms with E-state index in [1.807, 2.05) is 42.6 Å². The van der Waals surface area contributed by atoms with Crippen molar-refractivity contribution in [2.45, 2.75) is 50.8 Å². The van der Waals surface area contributed by atoms with Crippen molar-refractivity contribution in [2.24, 2.45) is 11.3 Å². The third-order valence-corrected chi connectivity index (χ3v) is 12.3. The maximum absolute atomic E-state index is 13.7. The Hall–Kier alpha value is -5.39. The van der Waals surface area contributed by atoms with E-state index >= 15 is 0 Å². The number of H-pyrrole nitrogens is 1. The van der Waals surface area contributed by atoms with Crippen LogP contribution in [0.4, 0.5) is 11.5 Å². The van der Waals surface area contributed by atoms with E-state index < -0.39 is 15.9 Å². The standard InChI is InChI=1S/C44H48ClN7O5S/c1-44(2)15-11-32(39(24-44)30-3-5-34(45)6-4-30)27-47-17-18-48-35-7-9-38(41(23-35)57-36-8-10-40-31(21-36)12-16-49-40)43(53)52-58(54,55)37-22-33(25-46)42(51-28-37)50-26-29-13-19-56-20-14-29/h3-10,12,16,21-23,28-29,47-49H,11,13-15,17-20,24,26-27H2,1-2H3,(H,50,51)(H,52,53). The first kappa shape index (κ1) is 40.8. The Balaban J connectivity index is 1.04. The average molecular weight is 822 g/mol. The number of nitrogens with one attached hydrogen (secondary N) is 5. The van der Waals surface area contributed by atoms with Crippen LogP contribution in [0.2, 0.25) is 5.02 Å². The number of carbonyl (C=O) groups excluding carboxylic acids is 1. The quantitative estimate of drug-likeness (QED) is 0.0646. The Bertz CT molecular complexity index is 2450. The average Bonchev–Trinajstić information content (AvgIpc) is 3.69. The molecule has 1 aliphatic heterocycles. The Morgan fingerprint density at radius 1 is 1.03 bits per heavy atom. The molecule has 0 bridgehead atoms.